The number of ether oxygens (including phenoxy) is 1. The van der Waals surface area contributed by atoms with Crippen molar-refractivity contribution in [1.29, 1.82) is 0 Å². The summed E-state index contributed by atoms with van der Waals surface area (Å²) in [5.41, 5.74) is 2.18. The summed E-state index contributed by atoms with van der Waals surface area (Å²) in [4.78, 5) is 27.2. The quantitative estimate of drug-likeness (QED) is 0.662. The van der Waals surface area contributed by atoms with Gasteiger partial charge in [0.1, 0.15) is 6.04 Å². The number of esters is 1. The molecule has 0 spiro atoms. The highest BCUT2D eigenvalue weighted by Crippen LogP contribution is 2.22. The molecule has 5 nitrogen and oxygen atoms in total. The van der Waals surface area contributed by atoms with Crippen LogP contribution in [0.3, 0.4) is 0 Å². The number of aryl methyl sites for hydroxylation is 1. The fourth-order valence-corrected chi connectivity index (χ4v) is 3.66. The number of carbonyl (C=O) groups is 2. The third-order valence-electron chi connectivity index (χ3n) is 4.23. The molecule has 0 aliphatic carbocycles. The van der Waals surface area contributed by atoms with Gasteiger partial charge >= 0.3 is 5.97 Å². The first kappa shape index (κ1) is 17.7. The molecule has 2 rings (SSSR count). The standard InChI is InChI=1S/C17H24N2O3S/c1-5-11(2)9-19-10-13(8-14(19)17(21)22-4)18-16(20)15-12(3)6-7-23-15/h5-7,13-14H,8-10H2,1-4H3,(H,18,20)/b11-5+/t13-,14-/m0/s1. The Morgan fingerprint density at radius 3 is 2.83 bits per heavy atom. The molecule has 6 heteroatoms. The van der Waals surface area contributed by atoms with Gasteiger partial charge in [0.05, 0.1) is 12.0 Å². The average molecular weight is 336 g/mol. The van der Waals surface area contributed by atoms with Crippen LogP contribution in [0.1, 0.15) is 35.5 Å². The van der Waals surface area contributed by atoms with Crippen LogP contribution in [0.2, 0.25) is 0 Å². The fourth-order valence-electron chi connectivity index (χ4n) is 2.83. The maximum absolute atomic E-state index is 12.4. The van der Waals surface area contributed by atoms with Crippen LogP contribution in [-0.4, -0.2) is 49.1 Å². The first-order chi connectivity index (χ1) is 11.0. The number of nitrogens with one attached hydrogen (secondary N) is 1. The van der Waals surface area contributed by atoms with E-state index in [0.717, 1.165) is 10.4 Å². The van der Waals surface area contributed by atoms with Gasteiger partial charge in [0.15, 0.2) is 0 Å². The number of thiophene rings is 1. The highest BCUT2D eigenvalue weighted by molar-refractivity contribution is 7.12. The summed E-state index contributed by atoms with van der Waals surface area (Å²) in [6.45, 7) is 7.31. The molecular formula is C17H24N2O3S. The van der Waals surface area contributed by atoms with E-state index in [-0.39, 0.29) is 24.0 Å². The Kier molecular flexibility index (Phi) is 5.96. The maximum atomic E-state index is 12.4. The minimum atomic E-state index is -0.301. The van der Waals surface area contributed by atoms with Gasteiger partial charge in [-0.05, 0) is 44.2 Å². The summed E-state index contributed by atoms with van der Waals surface area (Å²) >= 11 is 1.44. The molecule has 23 heavy (non-hydrogen) atoms. The van der Waals surface area contributed by atoms with Gasteiger partial charge < -0.3 is 10.1 Å². The van der Waals surface area contributed by atoms with Crippen LogP contribution < -0.4 is 5.32 Å². The Morgan fingerprint density at radius 1 is 1.52 bits per heavy atom. The molecular weight excluding hydrogens is 312 g/mol. The van der Waals surface area contributed by atoms with Crippen LogP contribution in [0.5, 0.6) is 0 Å². The Hall–Kier alpha value is -1.66. The zero-order valence-corrected chi connectivity index (χ0v) is 14.9. The monoisotopic (exact) mass is 336 g/mol. The normalized spacial score (nSPS) is 22.2. The van der Waals surface area contributed by atoms with E-state index in [0.29, 0.717) is 19.5 Å². The lowest BCUT2D eigenvalue weighted by Gasteiger charge is -2.22. The zero-order valence-electron chi connectivity index (χ0n) is 14.1. The molecule has 1 fully saturated rings. The molecule has 0 unspecified atom stereocenters. The van der Waals surface area contributed by atoms with Crippen molar-refractivity contribution in [3.05, 3.63) is 33.5 Å². The molecule has 0 aromatic carbocycles. The number of nitrogens with zero attached hydrogens (tertiary/aromatic N) is 1. The second kappa shape index (κ2) is 7.75. The molecule has 1 aliphatic heterocycles. The van der Waals surface area contributed by atoms with Gasteiger partial charge in [-0.2, -0.15) is 0 Å². The molecule has 0 radical (unpaired) electrons. The number of allylic oxidation sites excluding steroid dienone is 1. The van der Waals surface area contributed by atoms with Gasteiger partial charge in [0, 0.05) is 19.1 Å². The Balaban J connectivity index is 2.05. The van der Waals surface area contributed by atoms with Crippen molar-refractivity contribution in [3.63, 3.8) is 0 Å². The van der Waals surface area contributed by atoms with E-state index in [1.807, 2.05) is 38.3 Å². The largest absolute Gasteiger partial charge is 0.468 e. The second-order valence-corrected chi connectivity index (χ2v) is 6.86. The van der Waals surface area contributed by atoms with Gasteiger partial charge in [0.2, 0.25) is 0 Å². The lowest BCUT2D eigenvalue weighted by molar-refractivity contribution is -0.145. The van der Waals surface area contributed by atoms with Crippen LogP contribution >= 0.6 is 11.3 Å². The van der Waals surface area contributed by atoms with Crippen LogP contribution in [0.15, 0.2) is 23.1 Å². The molecule has 0 saturated carbocycles. The molecule has 1 amide bonds. The minimum absolute atomic E-state index is 0.0437. The van der Waals surface area contributed by atoms with Crippen LogP contribution in [-0.2, 0) is 9.53 Å². The van der Waals surface area contributed by atoms with Crippen molar-refractivity contribution in [3.8, 4) is 0 Å². The van der Waals surface area contributed by atoms with Crippen LogP contribution in [0.4, 0.5) is 0 Å². The van der Waals surface area contributed by atoms with Crippen molar-refractivity contribution < 1.29 is 14.3 Å². The maximum Gasteiger partial charge on any atom is 0.323 e. The highest BCUT2D eigenvalue weighted by Gasteiger charge is 2.38. The van der Waals surface area contributed by atoms with Crippen molar-refractivity contribution >= 4 is 23.2 Å². The molecule has 2 heterocycles. The topological polar surface area (TPSA) is 58.6 Å². The van der Waals surface area contributed by atoms with E-state index in [2.05, 4.69) is 10.2 Å². The Bertz CT molecular complexity index is 609. The number of likely N-dealkylation sites (tertiary alicyclic amines) is 1. The van der Waals surface area contributed by atoms with Crippen molar-refractivity contribution in [2.75, 3.05) is 20.2 Å². The van der Waals surface area contributed by atoms with Crippen molar-refractivity contribution in [2.45, 2.75) is 39.3 Å². The molecule has 1 aromatic rings. The van der Waals surface area contributed by atoms with E-state index < -0.39 is 0 Å². The lowest BCUT2D eigenvalue weighted by Crippen LogP contribution is -2.38. The molecule has 1 N–H and O–H groups in total. The van der Waals surface area contributed by atoms with Gasteiger partial charge in [-0.1, -0.05) is 11.6 Å². The van der Waals surface area contributed by atoms with E-state index in [1.165, 1.54) is 24.0 Å². The van der Waals surface area contributed by atoms with E-state index >= 15 is 0 Å². The number of carbonyl (C=O) groups excluding carboxylic acids is 2. The fraction of sp³-hybridized carbons (Fsp3) is 0.529. The predicted octanol–water partition coefficient (Wildman–Crippen LogP) is 2.37. The van der Waals surface area contributed by atoms with Gasteiger partial charge in [0.25, 0.3) is 5.91 Å². The molecule has 126 valence electrons. The second-order valence-electron chi connectivity index (χ2n) is 5.94. The summed E-state index contributed by atoms with van der Waals surface area (Å²) in [5, 5.41) is 4.97. The number of rotatable bonds is 5. The number of hydrogen-bond donors (Lipinski definition) is 1. The predicted molar refractivity (Wildman–Crippen MR) is 91.7 cm³/mol. The molecule has 1 saturated heterocycles. The summed E-state index contributed by atoms with van der Waals surface area (Å²) < 4.78 is 4.91. The molecule has 0 bridgehead atoms. The smallest absolute Gasteiger partial charge is 0.323 e. The van der Waals surface area contributed by atoms with Gasteiger partial charge in [-0.3, -0.25) is 14.5 Å². The van der Waals surface area contributed by atoms with E-state index in [4.69, 9.17) is 4.74 Å². The van der Waals surface area contributed by atoms with E-state index in [1.54, 1.807) is 0 Å². The first-order valence-electron chi connectivity index (χ1n) is 7.74. The molecule has 1 aliphatic rings. The van der Waals surface area contributed by atoms with Crippen molar-refractivity contribution in [1.82, 2.24) is 10.2 Å². The third kappa shape index (κ3) is 4.20. The van der Waals surface area contributed by atoms with Crippen molar-refractivity contribution in [2.24, 2.45) is 0 Å². The Labute approximate surface area is 141 Å². The van der Waals surface area contributed by atoms with Crippen LogP contribution in [0, 0.1) is 6.92 Å². The van der Waals surface area contributed by atoms with E-state index in [9.17, 15) is 9.59 Å². The summed E-state index contributed by atoms with van der Waals surface area (Å²) in [7, 11) is 1.41. The SMILES string of the molecule is C/C=C(\C)CN1C[C@@H](NC(=O)c2sccc2C)C[C@H]1C(=O)OC. The third-order valence-corrected chi connectivity index (χ3v) is 5.24. The highest BCUT2D eigenvalue weighted by atomic mass is 32.1. The minimum Gasteiger partial charge on any atom is -0.468 e. The van der Waals surface area contributed by atoms with Gasteiger partial charge in [-0.25, -0.2) is 0 Å². The number of hydrogen-bond acceptors (Lipinski definition) is 5. The summed E-state index contributed by atoms with van der Waals surface area (Å²) in [6, 6.07) is 1.59. The van der Waals surface area contributed by atoms with Gasteiger partial charge in [-0.15, -0.1) is 11.3 Å². The average Bonchev–Trinajstić information content (AvgIpc) is 3.12. The lowest BCUT2D eigenvalue weighted by atomic mass is 10.1. The number of methoxy groups -OCH3 is 1. The van der Waals surface area contributed by atoms with Crippen LogP contribution in [0.25, 0.3) is 0 Å². The summed E-state index contributed by atoms with van der Waals surface area (Å²) in [6.07, 6.45) is 2.62. The molecule has 1 aromatic heterocycles. The first-order valence-corrected chi connectivity index (χ1v) is 8.62. The molecule has 2 atom stereocenters. The number of amides is 1. The Morgan fingerprint density at radius 2 is 2.26 bits per heavy atom. The zero-order chi connectivity index (χ0) is 17.0. The summed E-state index contributed by atoms with van der Waals surface area (Å²) in [5.74, 6) is -0.298.